The molecule has 1 N–H and O–H groups in total. The highest BCUT2D eigenvalue weighted by atomic mass is 35.5. The summed E-state index contributed by atoms with van der Waals surface area (Å²) in [4.78, 5) is 13.0. The van der Waals surface area contributed by atoms with Gasteiger partial charge in [0.05, 0.1) is 6.33 Å². The maximum atomic E-state index is 5.99. The van der Waals surface area contributed by atoms with Gasteiger partial charge in [0.2, 0.25) is 5.28 Å². The van der Waals surface area contributed by atoms with Gasteiger partial charge in [-0.05, 0) is 37.3 Å². The second-order valence-corrected chi connectivity index (χ2v) is 5.86. The van der Waals surface area contributed by atoms with Crippen molar-refractivity contribution in [3.8, 4) is 0 Å². The van der Waals surface area contributed by atoms with Crippen molar-refractivity contribution in [1.82, 2.24) is 19.5 Å². The molecule has 6 heteroatoms. The second-order valence-electron chi connectivity index (χ2n) is 5.52. The van der Waals surface area contributed by atoms with Crippen LogP contribution < -0.4 is 5.32 Å². The van der Waals surface area contributed by atoms with Crippen LogP contribution >= 0.6 is 11.6 Å². The zero-order chi connectivity index (χ0) is 12.8. The van der Waals surface area contributed by atoms with Gasteiger partial charge in [0.15, 0.2) is 11.5 Å². The van der Waals surface area contributed by atoms with Crippen LogP contribution in [0.5, 0.6) is 0 Å². The Morgan fingerprint density at radius 1 is 1.16 bits per heavy atom. The maximum absolute atomic E-state index is 5.99. The molecule has 4 rings (SSSR count). The van der Waals surface area contributed by atoms with Crippen molar-refractivity contribution < 1.29 is 0 Å². The van der Waals surface area contributed by atoms with E-state index >= 15 is 0 Å². The first kappa shape index (κ1) is 11.5. The Morgan fingerprint density at radius 3 is 2.68 bits per heavy atom. The van der Waals surface area contributed by atoms with Gasteiger partial charge in [0, 0.05) is 12.1 Å². The molecule has 0 bridgehead atoms. The van der Waals surface area contributed by atoms with Crippen molar-refractivity contribution in [3.05, 3.63) is 11.6 Å². The smallest absolute Gasteiger partial charge is 0.226 e. The summed E-state index contributed by atoms with van der Waals surface area (Å²) in [5.41, 5.74) is 1.72. The van der Waals surface area contributed by atoms with E-state index in [0.717, 1.165) is 11.3 Å². The minimum atomic E-state index is 0.271. The van der Waals surface area contributed by atoms with Gasteiger partial charge in [-0.2, -0.15) is 9.97 Å². The Balaban J connectivity index is 1.84. The Labute approximate surface area is 116 Å². The number of nitrogens with one attached hydrogen (secondary N) is 1. The van der Waals surface area contributed by atoms with E-state index in [4.69, 9.17) is 11.6 Å². The van der Waals surface area contributed by atoms with E-state index < -0.39 is 0 Å². The molecule has 2 aromatic rings. The van der Waals surface area contributed by atoms with Crippen LogP contribution in [0.2, 0.25) is 5.28 Å². The highest BCUT2D eigenvalue weighted by molar-refractivity contribution is 6.28. The molecule has 0 atom stereocenters. The van der Waals surface area contributed by atoms with Gasteiger partial charge < -0.3 is 9.88 Å². The zero-order valence-corrected chi connectivity index (χ0v) is 11.4. The summed E-state index contributed by atoms with van der Waals surface area (Å²) >= 11 is 5.99. The highest BCUT2D eigenvalue weighted by Gasteiger charge is 2.26. The largest absolute Gasteiger partial charge is 0.365 e. The molecule has 0 saturated heterocycles. The molecule has 2 aliphatic rings. The molecule has 0 unspecified atom stereocenters. The number of anilines is 1. The lowest BCUT2D eigenvalue weighted by Gasteiger charge is -2.14. The van der Waals surface area contributed by atoms with Crippen LogP contribution in [0, 0.1) is 0 Å². The minimum Gasteiger partial charge on any atom is -0.365 e. The molecule has 0 amide bonds. The lowest BCUT2D eigenvalue weighted by Crippen LogP contribution is -2.09. The molecule has 0 aromatic carbocycles. The van der Waals surface area contributed by atoms with Gasteiger partial charge in [-0.3, -0.25) is 0 Å². The molecule has 19 heavy (non-hydrogen) atoms. The van der Waals surface area contributed by atoms with Gasteiger partial charge in [-0.25, -0.2) is 4.98 Å². The summed E-state index contributed by atoms with van der Waals surface area (Å²) in [6.07, 6.45) is 9.34. The summed E-state index contributed by atoms with van der Waals surface area (Å²) in [6.45, 7) is 0. The number of fused-ring (bicyclic) bond motifs is 1. The predicted molar refractivity (Wildman–Crippen MR) is 74.5 cm³/mol. The SMILES string of the molecule is Clc1nc(NC2CC2)c2c(ncn2C2CCCC2)n1. The fraction of sp³-hybridized carbons (Fsp3) is 0.615. The standard InChI is InChI=1S/C13H16ClN5/c14-13-17-11-10(12(18-13)16-8-5-6-8)19(7-15-11)9-3-1-2-4-9/h7-9H,1-6H2,(H,16,17,18). The van der Waals surface area contributed by atoms with Gasteiger partial charge >= 0.3 is 0 Å². The van der Waals surface area contributed by atoms with Crippen molar-refractivity contribution in [2.75, 3.05) is 5.32 Å². The topological polar surface area (TPSA) is 55.6 Å². The van der Waals surface area contributed by atoms with Gasteiger partial charge in [0.1, 0.15) is 5.52 Å². The van der Waals surface area contributed by atoms with Crippen molar-refractivity contribution in [2.24, 2.45) is 0 Å². The predicted octanol–water partition coefficient (Wildman–Crippen LogP) is 3.17. The van der Waals surface area contributed by atoms with Gasteiger partial charge in [-0.15, -0.1) is 0 Å². The van der Waals surface area contributed by atoms with Crippen LogP contribution in [0.15, 0.2) is 6.33 Å². The van der Waals surface area contributed by atoms with Crippen LogP contribution in [0.1, 0.15) is 44.6 Å². The van der Waals surface area contributed by atoms with E-state index in [1.807, 2.05) is 6.33 Å². The number of aromatic nitrogens is 4. The normalized spacial score (nSPS) is 20.3. The number of rotatable bonds is 3. The number of halogens is 1. The first-order chi connectivity index (χ1) is 9.31. The van der Waals surface area contributed by atoms with Gasteiger partial charge in [-0.1, -0.05) is 12.8 Å². The quantitative estimate of drug-likeness (QED) is 0.876. The Bertz CT molecular complexity index is 613. The number of hydrogen-bond acceptors (Lipinski definition) is 4. The molecule has 2 heterocycles. The Kier molecular flexibility index (Phi) is 2.62. The fourth-order valence-corrected chi connectivity index (χ4v) is 3.06. The number of imidazole rings is 1. The van der Waals surface area contributed by atoms with Crippen molar-refractivity contribution in [1.29, 1.82) is 0 Å². The Morgan fingerprint density at radius 2 is 1.95 bits per heavy atom. The highest BCUT2D eigenvalue weighted by Crippen LogP contribution is 2.35. The summed E-state index contributed by atoms with van der Waals surface area (Å²) < 4.78 is 2.24. The molecule has 2 aliphatic carbocycles. The average Bonchev–Trinajstić information content (AvgIpc) is 2.91. The minimum absolute atomic E-state index is 0.271. The molecule has 0 aliphatic heterocycles. The van der Waals surface area contributed by atoms with E-state index in [-0.39, 0.29) is 5.28 Å². The third-order valence-electron chi connectivity index (χ3n) is 4.04. The zero-order valence-electron chi connectivity index (χ0n) is 10.6. The molecule has 2 aromatic heterocycles. The van der Waals surface area contributed by atoms with E-state index in [9.17, 15) is 0 Å². The van der Waals surface area contributed by atoms with Crippen LogP contribution in [-0.4, -0.2) is 25.6 Å². The van der Waals surface area contributed by atoms with Gasteiger partial charge in [0.25, 0.3) is 0 Å². The fourth-order valence-electron chi connectivity index (χ4n) is 2.90. The molecular formula is C13H16ClN5. The molecule has 2 saturated carbocycles. The monoisotopic (exact) mass is 277 g/mol. The molecule has 2 fully saturated rings. The number of nitrogens with zero attached hydrogens (tertiary/aromatic N) is 4. The molecule has 0 radical (unpaired) electrons. The van der Waals surface area contributed by atoms with E-state index in [1.165, 1.54) is 38.5 Å². The first-order valence-electron chi connectivity index (χ1n) is 6.98. The van der Waals surface area contributed by atoms with Crippen LogP contribution in [0.25, 0.3) is 11.2 Å². The lowest BCUT2D eigenvalue weighted by atomic mass is 10.2. The van der Waals surface area contributed by atoms with E-state index in [2.05, 4.69) is 24.8 Å². The maximum Gasteiger partial charge on any atom is 0.226 e. The molecule has 0 spiro atoms. The Hall–Kier alpha value is -1.36. The molecule has 100 valence electrons. The average molecular weight is 278 g/mol. The van der Waals surface area contributed by atoms with E-state index in [1.54, 1.807) is 0 Å². The first-order valence-corrected chi connectivity index (χ1v) is 7.35. The number of hydrogen-bond donors (Lipinski definition) is 1. The third kappa shape index (κ3) is 2.06. The van der Waals surface area contributed by atoms with E-state index in [0.29, 0.717) is 17.7 Å². The molecule has 5 nitrogen and oxygen atoms in total. The van der Waals surface area contributed by atoms with Crippen molar-refractivity contribution in [2.45, 2.75) is 50.6 Å². The third-order valence-corrected chi connectivity index (χ3v) is 4.21. The summed E-state index contributed by atoms with van der Waals surface area (Å²) in [6, 6.07) is 1.08. The lowest BCUT2D eigenvalue weighted by molar-refractivity contribution is 0.532. The summed E-state index contributed by atoms with van der Waals surface area (Å²) in [7, 11) is 0. The molecular weight excluding hydrogens is 262 g/mol. The summed E-state index contributed by atoms with van der Waals surface area (Å²) in [5, 5.41) is 3.72. The second kappa shape index (κ2) is 4.34. The van der Waals surface area contributed by atoms with Crippen molar-refractivity contribution >= 4 is 28.6 Å². The summed E-state index contributed by atoms with van der Waals surface area (Å²) in [5.74, 6) is 0.849. The van der Waals surface area contributed by atoms with Crippen LogP contribution in [0.4, 0.5) is 5.82 Å². The van der Waals surface area contributed by atoms with Crippen LogP contribution in [0.3, 0.4) is 0 Å². The van der Waals surface area contributed by atoms with Crippen LogP contribution in [-0.2, 0) is 0 Å². The van der Waals surface area contributed by atoms with Crippen molar-refractivity contribution in [3.63, 3.8) is 0 Å².